The van der Waals surface area contributed by atoms with Crippen LogP contribution in [0.25, 0.3) is 0 Å². The highest BCUT2D eigenvalue weighted by Crippen LogP contribution is 2.16. The average Bonchev–Trinajstić information content (AvgIpc) is 2.81. The Labute approximate surface area is 188 Å². The SMILES string of the molecule is CCCCCCCCCCCCCCCCNc1ccc(C(=O)C(O)(C=O)CO)cc1. The summed E-state index contributed by atoms with van der Waals surface area (Å²) in [5, 5.41) is 22.2. The normalized spacial score (nSPS) is 13.0. The van der Waals surface area contributed by atoms with Crippen molar-refractivity contribution in [1.29, 1.82) is 0 Å². The molecule has 3 N–H and O–H groups in total. The molecule has 0 spiro atoms. The van der Waals surface area contributed by atoms with Crippen LogP contribution in [0, 0.1) is 0 Å². The smallest absolute Gasteiger partial charge is 0.206 e. The third-order valence-electron chi connectivity index (χ3n) is 5.84. The number of Topliss-reactive ketones (excluding diaryl/α,β-unsaturated/α-hetero) is 1. The molecule has 0 amide bonds. The van der Waals surface area contributed by atoms with Crippen LogP contribution in [-0.2, 0) is 4.79 Å². The van der Waals surface area contributed by atoms with Crippen LogP contribution in [-0.4, -0.2) is 41.0 Å². The van der Waals surface area contributed by atoms with E-state index in [0.717, 1.165) is 18.7 Å². The van der Waals surface area contributed by atoms with Crippen molar-refractivity contribution in [3.05, 3.63) is 29.8 Å². The van der Waals surface area contributed by atoms with Gasteiger partial charge in [0.1, 0.15) is 0 Å². The van der Waals surface area contributed by atoms with Gasteiger partial charge in [-0.25, -0.2) is 0 Å². The minimum atomic E-state index is -2.36. The van der Waals surface area contributed by atoms with E-state index >= 15 is 0 Å². The number of benzene rings is 1. The molecule has 0 aliphatic heterocycles. The number of anilines is 1. The summed E-state index contributed by atoms with van der Waals surface area (Å²) >= 11 is 0. The lowest BCUT2D eigenvalue weighted by atomic mass is 9.95. The van der Waals surface area contributed by atoms with E-state index in [9.17, 15) is 14.7 Å². The lowest BCUT2D eigenvalue weighted by molar-refractivity contribution is -0.122. The number of unbranched alkanes of at least 4 members (excludes halogenated alkanes) is 13. The first-order valence-corrected chi connectivity index (χ1v) is 12.3. The summed E-state index contributed by atoms with van der Waals surface area (Å²) in [6, 6.07) is 6.61. The predicted molar refractivity (Wildman–Crippen MR) is 128 cm³/mol. The van der Waals surface area contributed by atoms with Crippen LogP contribution in [0.5, 0.6) is 0 Å². The number of aliphatic hydroxyl groups excluding tert-OH is 1. The number of carbonyl (C=O) groups excluding carboxylic acids is 2. The third-order valence-corrected chi connectivity index (χ3v) is 5.84. The molecule has 1 aromatic rings. The van der Waals surface area contributed by atoms with Gasteiger partial charge in [-0.05, 0) is 30.7 Å². The fourth-order valence-corrected chi connectivity index (χ4v) is 3.70. The van der Waals surface area contributed by atoms with Crippen LogP contribution in [0.15, 0.2) is 24.3 Å². The molecule has 0 radical (unpaired) electrons. The Morgan fingerprint density at radius 1 is 0.839 bits per heavy atom. The first-order chi connectivity index (χ1) is 15.1. The maximum absolute atomic E-state index is 12.1. The van der Waals surface area contributed by atoms with Gasteiger partial charge in [0.2, 0.25) is 11.4 Å². The van der Waals surface area contributed by atoms with Crippen LogP contribution >= 0.6 is 0 Å². The molecule has 0 saturated carbocycles. The molecule has 0 bridgehead atoms. The lowest BCUT2D eigenvalue weighted by Gasteiger charge is -2.17. The zero-order valence-corrected chi connectivity index (χ0v) is 19.4. The molecule has 0 aliphatic carbocycles. The molecular formula is C26H43NO4. The summed E-state index contributed by atoms with van der Waals surface area (Å²) in [5.74, 6) is -0.788. The van der Waals surface area contributed by atoms with E-state index in [1.807, 2.05) is 0 Å². The highest BCUT2D eigenvalue weighted by Gasteiger charge is 2.35. The molecule has 0 heterocycles. The molecule has 5 heteroatoms. The quantitative estimate of drug-likeness (QED) is 0.106. The van der Waals surface area contributed by atoms with Crippen molar-refractivity contribution in [2.45, 2.75) is 102 Å². The Balaban J connectivity index is 2.02. The number of aldehydes is 1. The van der Waals surface area contributed by atoms with Crippen molar-refractivity contribution in [2.75, 3.05) is 18.5 Å². The Hall–Kier alpha value is -1.72. The summed E-state index contributed by atoms with van der Waals surface area (Å²) in [7, 11) is 0. The second kappa shape index (κ2) is 16.9. The van der Waals surface area contributed by atoms with E-state index in [2.05, 4.69) is 12.2 Å². The summed E-state index contributed by atoms with van der Waals surface area (Å²) < 4.78 is 0. The molecule has 31 heavy (non-hydrogen) atoms. The molecule has 0 aliphatic rings. The van der Waals surface area contributed by atoms with Crippen LogP contribution in [0.4, 0.5) is 5.69 Å². The maximum atomic E-state index is 12.1. The van der Waals surface area contributed by atoms with Gasteiger partial charge in [-0.3, -0.25) is 9.59 Å². The maximum Gasteiger partial charge on any atom is 0.206 e. The number of ketones is 1. The zero-order chi connectivity index (χ0) is 22.8. The number of carbonyl (C=O) groups is 2. The number of hydrogen-bond acceptors (Lipinski definition) is 5. The average molecular weight is 434 g/mol. The standard InChI is InChI=1S/C26H43NO4/c1-2-3-4-5-6-7-8-9-10-11-12-13-14-15-20-27-24-18-16-23(17-19-24)25(30)26(31,21-28)22-29/h16-19,21,27,29,31H,2-15,20,22H2,1H3. The molecule has 0 fully saturated rings. The predicted octanol–water partition coefficient (Wildman–Crippen LogP) is 5.68. The van der Waals surface area contributed by atoms with Gasteiger partial charge in [0.25, 0.3) is 0 Å². The topological polar surface area (TPSA) is 86.6 Å². The largest absolute Gasteiger partial charge is 0.392 e. The van der Waals surface area contributed by atoms with Crippen molar-refractivity contribution in [3.8, 4) is 0 Å². The van der Waals surface area contributed by atoms with Crippen LogP contribution in [0.2, 0.25) is 0 Å². The van der Waals surface area contributed by atoms with Crippen LogP contribution in [0.3, 0.4) is 0 Å². The van der Waals surface area contributed by atoms with E-state index in [-0.39, 0.29) is 11.8 Å². The second-order valence-electron chi connectivity index (χ2n) is 8.63. The number of hydrogen-bond donors (Lipinski definition) is 3. The van der Waals surface area contributed by atoms with E-state index in [1.54, 1.807) is 24.3 Å². The Bertz CT molecular complexity index is 602. The Kier molecular flexibility index (Phi) is 14.9. The first kappa shape index (κ1) is 27.3. The molecule has 1 rings (SSSR count). The molecule has 0 aromatic heterocycles. The van der Waals surface area contributed by atoms with Crippen molar-refractivity contribution in [2.24, 2.45) is 0 Å². The molecule has 176 valence electrons. The molecular weight excluding hydrogens is 390 g/mol. The van der Waals surface area contributed by atoms with Crippen molar-refractivity contribution in [3.63, 3.8) is 0 Å². The van der Waals surface area contributed by atoms with Crippen molar-refractivity contribution < 1.29 is 19.8 Å². The Morgan fingerprint density at radius 2 is 1.29 bits per heavy atom. The summed E-state index contributed by atoms with van der Waals surface area (Å²) in [6.07, 6.45) is 18.8. The van der Waals surface area contributed by atoms with Gasteiger partial charge in [-0.1, -0.05) is 90.4 Å². The summed E-state index contributed by atoms with van der Waals surface area (Å²) in [6.45, 7) is 2.22. The van der Waals surface area contributed by atoms with Gasteiger partial charge in [0.15, 0.2) is 6.29 Å². The Morgan fingerprint density at radius 3 is 1.71 bits per heavy atom. The van der Waals surface area contributed by atoms with Crippen molar-refractivity contribution in [1.82, 2.24) is 0 Å². The number of aliphatic hydroxyl groups is 2. The third kappa shape index (κ3) is 11.5. The van der Waals surface area contributed by atoms with Gasteiger partial charge in [0.05, 0.1) is 6.61 Å². The molecule has 1 aromatic carbocycles. The van der Waals surface area contributed by atoms with Crippen LogP contribution in [0.1, 0.15) is 107 Å². The van der Waals surface area contributed by atoms with Gasteiger partial charge >= 0.3 is 0 Å². The summed E-state index contributed by atoms with van der Waals surface area (Å²) in [5.41, 5.74) is -1.26. The van der Waals surface area contributed by atoms with Gasteiger partial charge in [-0.15, -0.1) is 0 Å². The molecule has 0 saturated heterocycles. The van der Waals surface area contributed by atoms with E-state index in [4.69, 9.17) is 5.11 Å². The summed E-state index contributed by atoms with van der Waals surface area (Å²) in [4.78, 5) is 23.0. The number of nitrogens with one attached hydrogen (secondary N) is 1. The second-order valence-corrected chi connectivity index (χ2v) is 8.63. The lowest BCUT2D eigenvalue weighted by Crippen LogP contribution is -2.44. The van der Waals surface area contributed by atoms with Crippen molar-refractivity contribution >= 4 is 17.8 Å². The monoisotopic (exact) mass is 433 g/mol. The van der Waals surface area contributed by atoms with Gasteiger partial charge < -0.3 is 15.5 Å². The number of rotatable bonds is 20. The van der Waals surface area contributed by atoms with E-state index < -0.39 is 18.0 Å². The zero-order valence-electron chi connectivity index (χ0n) is 19.4. The molecule has 1 unspecified atom stereocenters. The highest BCUT2D eigenvalue weighted by atomic mass is 16.3. The fourth-order valence-electron chi connectivity index (χ4n) is 3.70. The first-order valence-electron chi connectivity index (χ1n) is 12.3. The minimum absolute atomic E-state index is 0.0805. The fraction of sp³-hybridized carbons (Fsp3) is 0.692. The van der Waals surface area contributed by atoms with Gasteiger partial charge in [-0.2, -0.15) is 0 Å². The van der Waals surface area contributed by atoms with Gasteiger partial charge in [0, 0.05) is 17.8 Å². The van der Waals surface area contributed by atoms with E-state index in [0.29, 0.717) is 0 Å². The molecule has 5 nitrogen and oxygen atoms in total. The van der Waals surface area contributed by atoms with E-state index in [1.165, 1.54) is 83.5 Å². The minimum Gasteiger partial charge on any atom is -0.392 e. The van der Waals surface area contributed by atoms with Crippen LogP contribution < -0.4 is 5.32 Å². The molecule has 1 atom stereocenters. The highest BCUT2D eigenvalue weighted by molar-refractivity contribution is 6.11.